The van der Waals surface area contributed by atoms with E-state index in [2.05, 4.69) is 21.2 Å². The number of barbiturate groups is 1. The Morgan fingerprint density at radius 2 is 1.72 bits per heavy atom. The Labute approximate surface area is 152 Å². The average Bonchev–Trinajstić information content (AvgIpc) is 2.60. The molecule has 0 atom stereocenters. The fraction of sp³-hybridized carbons (Fsp3) is 0.0556. The van der Waals surface area contributed by atoms with Crippen LogP contribution in [0.1, 0.15) is 5.56 Å². The number of hydrogen-bond donors (Lipinski definition) is 1. The van der Waals surface area contributed by atoms with E-state index in [1.807, 2.05) is 0 Å². The number of amides is 4. The molecule has 1 aliphatic rings. The molecule has 0 unspecified atom stereocenters. The third-order valence-electron chi connectivity index (χ3n) is 3.61. The minimum Gasteiger partial charge on any atom is -0.495 e. The summed E-state index contributed by atoms with van der Waals surface area (Å²) in [6.07, 6.45) is 1.44. The number of ether oxygens (including phenoxy) is 1. The van der Waals surface area contributed by atoms with Crippen molar-refractivity contribution in [1.82, 2.24) is 5.32 Å². The maximum Gasteiger partial charge on any atom is 0.336 e. The van der Waals surface area contributed by atoms with Gasteiger partial charge >= 0.3 is 6.03 Å². The van der Waals surface area contributed by atoms with Crippen LogP contribution >= 0.6 is 15.9 Å². The summed E-state index contributed by atoms with van der Waals surface area (Å²) in [4.78, 5) is 38.0. The summed E-state index contributed by atoms with van der Waals surface area (Å²) >= 11 is 3.32. The van der Waals surface area contributed by atoms with Crippen LogP contribution in [-0.4, -0.2) is 25.0 Å². The Hall–Kier alpha value is -2.93. The standard InChI is InChI=1S/C18H13BrN2O4/c1-25-15-5-3-2-4-14(15)21-17(23)13(16(22)20-18(21)24)10-11-6-8-12(19)9-7-11/h2-10H,1H3,(H,20,22,24). The molecule has 126 valence electrons. The van der Waals surface area contributed by atoms with Gasteiger partial charge < -0.3 is 4.74 Å². The fourth-order valence-electron chi connectivity index (χ4n) is 2.42. The van der Waals surface area contributed by atoms with Crippen molar-refractivity contribution in [2.45, 2.75) is 0 Å². The van der Waals surface area contributed by atoms with Gasteiger partial charge in [0, 0.05) is 4.47 Å². The lowest BCUT2D eigenvalue weighted by molar-refractivity contribution is -0.122. The van der Waals surface area contributed by atoms with E-state index in [-0.39, 0.29) is 11.3 Å². The van der Waals surface area contributed by atoms with E-state index < -0.39 is 17.8 Å². The molecule has 2 aromatic rings. The zero-order chi connectivity index (χ0) is 18.0. The molecule has 0 radical (unpaired) electrons. The SMILES string of the molecule is COc1ccccc1N1C(=O)NC(=O)C(=Cc2ccc(Br)cc2)C1=O. The number of carbonyl (C=O) groups is 3. The first-order valence-corrected chi connectivity index (χ1v) is 8.10. The van der Waals surface area contributed by atoms with Crippen molar-refractivity contribution in [1.29, 1.82) is 0 Å². The topological polar surface area (TPSA) is 75.7 Å². The van der Waals surface area contributed by atoms with Gasteiger partial charge in [0.15, 0.2) is 0 Å². The van der Waals surface area contributed by atoms with Crippen molar-refractivity contribution < 1.29 is 19.1 Å². The zero-order valence-corrected chi connectivity index (χ0v) is 14.7. The van der Waals surface area contributed by atoms with E-state index in [0.717, 1.165) is 9.37 Å². The largest absolute Gasteiger partial charge is 0.495 e. The number of nitrogens with zero attached hydrogens (tertiary/aromatic N) is 1. The number of halogens is 1. The van der Waals surface area contributed by atoms with E-state index in [9.17, 15) is 14.4 Å². The molecule has 25 heavy (non-hydrogen) atoms. The van der Waals surface area contributed by atoms with Gasteiger partial charge in [-0.1, -0.05) is 40.2 Å². The van der Waals surface area contributed by atoms with Crippen molar-refractivity contribution in [3.05, 3.63) is 64.1 Å². The molecular weight excluding hydrogens is 388 g/mol. The monoisotopic (exact) mass is 400 g/mol. The smallest absolute Gasteiger partial charge is 0.336 e. The van der Waals surface area contributed by atoms with Gasteiger partial charge in [0.2, 0.25) is 0 Å². The molecule has 6 nitrogen and oxygen atoms in total. The van der Waals surface area contributed by atoms with Crippen molar-refractivity contribution in [2.24, 2.45) is 0 Å². The Balaban J connectivity index is 2.04. The highest BCUT2D eigenvalue weighted by molar-refractivity contribution is 9.10. The van der Waals surface area contributed by atoms with Gasteiger partial charge in [-0.15, -0.1) is 0 Å². The van der Waals surface area contributed by atoms with Crippen LogP contribution in [0.5, 0.6) is 5.75 Å². The predicted molar refractivity (Wildman–Crippen MR) is 96.1 cm³/mol. The molecule has 2 aromatic carbocycles. The number of methoxy groups -OCH3 is 1. The van der Waals surface area contributed by atoms with Gasteiger partial charge in [0.25, 0.3) is 11.8 Å². The van der Waals surface area contributed by atoms with Gasteiger partial charge in [0.1, 0.15) is 11.3 Å². The van der Waals surface area contributed by atoms with Gasteiger partial charge in [-0.3, -0.25) is 14.9 Å². The number of urea groups is 1. The highest BCUT2D eigenvalue weighted by Crippen LogP contribution is 2.30. The molecular formula is C18H13BrN2O4. The molecule has 0 aromatic heterocycles. The Morgan fingerprint density at radius 1 is 1.04 bits per heavy atom. The fourth-order valence-corrected chi connectivity index (χ4v) is 2.68. The third-order valence-corrected chi connectivity index (χ3v) is 4.14. The second kappa shape index (κ2) is 6.90. The van der Waals surface area contributed by atoms with E-state index in [1.54, 1.807) is 48.5 Å². The van der Waals surface area contributed by atoms with Crippen LogP contribution in [0.25, 0.3) is 6.08 Å². The predicted octanol–water partition coefficient (Wildman–Crippen LogP) is 3.12. The molecule has 3 rings (SSSR count). The molecule has 1 N–H and O–H groups in total. The summed E-state index contributed by atoms with van der Waals surface area (Å²) in [7, 11) is 1.44. The van der Waals surface area contributed by atoms with Crippen LogP contribution in [-0.2, 0) is 9.59 Å². The first kappa shape index (κ1) is 16.9. The van der Waals surface area contributed by atoms with Crippen LogP contribution in [0.3, 0.4) is 0 Å². The Morgan fingerprint density at radius 3 is 2.40 bits per heavy atom. The summed E-state index contributed by atoms with van der Waals surface area (Å²) in [5.41, 5.74) is 0.797. The second-order valence-electron chi connectivity index (χ2n) is 5.18. The third kappa shape index (κ3) is 3.32. The minimum absolute atomic E-state index is 0.132. The molecule has 1 aliphatic heterocycles. The summed E-state index contributed by atoms with van der Waals surface area (Å²) < 4.78 is 6.08. The van der Waals surface area contributed by atoms with Crippen LogP contribution in [0, 0.1) is 0 Å². The lowest BCUT2D eigenvalue weighted by Crippen LogP contribution is -2.54. The van der Waals surface area contributed by atoms with Crippen molar-refractivity contribution in [2.75, 3.05) is 12.0 Å². The van der Waals surface area contributed by atoms with Crippen LogP contribution in [0.2, 0.25) is 0 Å². The second-order valence-corrected chi connectivity index (χ2v) is 6.10. The molecule has 1 heterocycles. The highest BCUT2D eigenvalue weighted by Gasteiger charge is 2.37. The van der Waals surface area contributed by atoms with Gasteiger partial charge in [-0.05, 0) is 35.9 Å². The number of nitrogens with one attached hydrogen (secondary N) is 1. The zero-order valence-electron chi connectivity index (χ0n) is 13.2. The number of benzene rings is 2. The number of carbonyl (C=O) groups excluding carboxylic acids is 3. The van der Waals surface area contributed by atoms with E-state index in [0.29, 0.717) is 11.3 Å². The number of rotatable bonds is 3. The summed E-state index contributed by atoms with van der Waals surface area (Å²) in [5.74, 6) is -1.09. The Bertz CT molecular complexity index is 890. The summed E-state index contributed by atoms with van der Waals surface area (Å²) in [5, 5.41) is 2.19. The Kier molecular flexibility index (Phi) is 4.67. The van der Waals surface area contributed by atoms with Crippen LogP contribution < -0.4 is 15.0 Å². The average molecular weight is 401 g/mol. The molecule has 0 aliphatic carbocycles. The molecule has 0 saturated carbocycles. The minimum atomic E-state index is -0.813. The normalized spacial score (nSPS) is 16.2. The number of para-hydroxylation sites is 2. The van der Waals surface area contributed by atoms with E-state index in [1.165, 1.54) is 13.2 Å². The highest BCUT2D eigenvalue weighted by atomic mass is 79.9. The van der Waals surface area contributed by atoms with Crippen molar-refractivity contribution in [3.8, 4) is 5.75 Å². The summed E-state index contributed by atoms with van der Waals surface area (Å²) in [6, 6.07) is 12.9. The molecule has 0 bridgehead atoms. The van der Waals surface area contributed by atoms with Gasteiger partial charge in [-0.25, -0.2) is 9.69 Å². The molecule has 1 fully saturated rings. The molecule has 0 spiro atoms. The summed E-state index contributed by atoms with van der Waals surface area (Å²) in [6.45, 7) is 0. The van der Waals surface area contributed by atoms with Crippen molar-refractivity contribution >= 4 is 45.5 Å². The quantitative estimate of drug-likeness (QED) is 0.634. The lowest BCUT2D eigenvalue weighted by atomic mass is 10.1. The lowest BCUT2D eigenvalue weighted by Gasteiger charge is -2.27. The van der Waals surface area contributed by atoms with E-state index >= 15 is 0 Å². The van der Waals surface area contributed by atoms with Gasteiger partial charge in [0.05, 0.1) is 12.8 Å². The maximum atomic E-state index is 12.8. The number of hydrogen-bond acceptors (Lipinski definition) is 4. The number of imide groups is 2. The molecule has 4 amide bonds. The van der Waals surface area contributed by atoms with Crippen LogP contribution in [0.4, 0.5) is 10.5 Å². The van der Waals surface area contributed by atoms with Gasteiger partial charge in [-0.2, -0.15) is 0 Å². The number of anilines is 1. The van der Waals surface area contributed by atoms with Crippen LogP contribution in [0.15, 0.2) is 58.6 Å². The molecule has 1 saturated heterocycles. The molecule has 7 heteroatoms. The van der Waals surface area contributed by atoms with E-state index in [4.69, 9.17) is 4.74 Å². The first-order chi connectivity index (χ1) is 12.0. The first-order valence-electron chi connectivity index (χ1n) is 7.31. The maximum absolute atomic E-state index is 12.8. The van der Waals surface area contributed by atoms with Crippen molar-refractivity contribution in [3.63, 3.8) is 0 Å².